The second-order valence-corrected chi connectivity index (χ2v) is 4.54. The van der Waals surface area contributed by atoms with Gasteiger partial charge in [-0.3, -0.25) is 4.79 Å². The summed E-state index contributed by atoms with van der Waals surface area (Å²) in [6, 6.07) is 3.21. The number of hydrogen-bond donors (Lipinski definition) is 1. The Bertz CT molecular complexity index is 387. The molecule has 88 valence electrons. The molecule has 0 aromatic heterocycles. The highest BCUT2D eigenvalue weighted by molar-refractivity contribution is 5.77. The Morgan fingerprint density at radius 2 is 1.88 bits per heavy atom. The van der Waals surface area contributed by atoms with Gasteiger partial charge in [0.15, 0.2) is 0 Å². The largest absolute Gasteiger partial charge is 0.481 e. The Labute approximate surface area is 95.1 Å². The van der Waals surface area contributed by atoms with Crippen molar-refractivity contribution < 1.29 is 14.3 Å². The van der Waals surface area contributed by atoms with Crippen LogP contribution in [0.5, 0.6) is 0 Å². The van der Waals surface area contributed by atoms with Crippen molar-refractivity contribution in [2.75, 3.05) is 0 Å². The monoisotopic (exact) mass is 224 g/mol. The van der Waals surface area contributed by atoms with E-state index in [0.717, 1.165) is 5.56 Å². The van der Waals surface area contributed by atoms with Gasteiger partial charge in [0.25, 0.3) is 0 Å². The minimum atomic E-state index is -0.971. The van der Waals surface area contributed by atoms with Crippen LogP contribution in [0.3, 0.4) is 0 Å². The van der Waals surface area contributed by atoms with E-state index < -0.39 is 17.7 Å². The molecule has 0 heterocycles. The molecule has 0 aliphatic rings. The third-order valence-corrected chi connectivity index (χ3v) is 2.72. The zero-order valence-corrected chi connectivity index (χ0v) is 10.0. The fourth-order valence-electron chi connectivity index (χ4n) is 2.06. The van der Waals surface area contributed by atoms with Crippen molar-refractivity contribution in [1.29, 1.82) is 0 Å². The van der Waals surface area contributed by atoms with Gasteiger partial charge >= 0.3 is 5.97 Å². The molecular weight excluding hydrogens is 207 g/mol. The molecule has 2 nitrogen and oxygen atoms in total. The number of carbonyl (C=O) groups is 1. The smallest absolute Gasteiger partial charge is 0.311 e. The van der Waals surface area contributed by atoms with E-state index in [2.05, 4.69) is 0 Å². The van der Waals surface area contributed by atoms with Gasteiger partial charge in [0.1, 0.15) is 5.82 Å². The molecule has 0 bridgehead atoms. The van der Waals surface area contributed by atoms with Gasteiger partial charge in [-0.15, -0.1) is 0 Å². The first-order valence-corrected chi connectivity index (χ1v) is 5.34. The van der Waals surface area contributed by atoms with Crippen LogP contribution >= 0.6 is 0 Å². The number of carboxylic acids is 1. The van der Waals surface area contributed by atoms with E-state index >= 15 is 0 Å². The highest BCUT2D eigenvalue weighted by Gasteiger charge is 2.28. The van der Waals surface area contributed by atoms with Crippen LogP contribution in [-0.2, 0) is 4.79 Å². The highest BCUT2D eigenvalue weighted by atomic mass is 19.1. The summed E-state index contributed by atoms with van der Waals surface area (Å²) in [6.07, 6.45) is 0. The molecule has 0 saturated heterocycles. The Morgan fingerprint density at radius 3 is 2.25 bits per heavy atom. The van der Waals surface area contributed by atoms with Crippen molar-refractivity contribution in [2.45, 2.75) is 33.6 Å². The summed E-state index contributed by atoms with van der Waals surface area (Å²) in [5, 5.41) is 9.15. The molecule has 16 heavy (non-hydrogen) atoms. The summed E-state index contributed by atoms with van der Waals surface area (Å²) in [5.74, 6) is -2.30. The molecule has 0 amide bonds. The van der Waals surface area contributed by atoms with Crippen molar-refractivity contribution in [3.05, 3.63) is 34.6 Å². The highest BCUT2D eigenvalue weighted by Crippen LogP contribution is 2.30. The first kappa shape index (κ1) is 12.7. The molecule has 1 rings (SSSR count). The Morgan fingerprint density at radius 1 is 1.31 bits per heavy atom. The Balaban J connectivity index is 3.35. The number of halogens is 1. The number of rotatable bonds is 3. The van der Waals surface area contributed by atoms with E-state index in [0.29, 0.717) is 11.1 Å². The molecule has 3 heteroatoms. The molecule has 0 saturated carbocycles. The summed E-state index contributed by atoms with van der Waals surface area (Å²) in [4.78, 5) is 11.2. The molecule has 1 atom stereocenters. The normalized spacial score (nSPS) is 12.9. The number of aliphatic carboxylic acids is 1. The van der Waals surface area contributed by atoms with Crippen LogP contribution in [0.1, 0.15) is 36.5 Å². The lowest BCUT2D eigenvalue weighted by Gasteiger charge is -2.20. The van der Waals surface area contributed by atoms with Crippen molar-refractivity contribution in [1.82, 2.24) is 0 Å². The van der Waals surface area contributed by atoms with E-state index in [1.54, 1.807) is 27.7 Å². The quantitative estimate of drug-likeness (QED) is 0.855. The first-order chi connectivity index (χ1) is 7.34. The zero-order valence-electron chi connectivity index (χ0n) is 10.0. The summed E-state index contributed by atoms with van der Waals surface area (Å²) >= 11 is 0. The van der Waals surface area contributed by atoms with Crippen molar-refractivity contribution >= 4 is 5.97 Å². The maximum Gasteiger partial charge on any atom is 0.311 e. The minimum Gasteiger partial charge on any atom is -0.481 e. The van der Waals surface area contributed by atoms with Crippen molar-refractivity contribution in [2.24, 2.45) is 5.92 Å². The van der Waals surface area contributed by atoms with Gasteiger partial charge in [0.05, 0.1) is 5.92 Å². The summed E-state index contributed by atoms with van der Waals surface area (Å²) < 4.78 is 13.8. The fraction of sp³-hybridized carbons (Fsp3) is 0.462. The lowest BCUT2D eigenvalue weighted by atomic mass is 9.85. The predicted octanol–water partition coefficient (Wildman–Crippen LogP) is 3.27. The number of carboxylic acid groups (broad SMARTS) is 1. The van der Waals surface area contributed by atoms with Gasteiger partial charge < -0.3 is 5.11 Å². The summed E-state index contributed by atoms with van der Waals surface area (Å²) in [5.41, 5.74) is 1.83. The minimum absolute atomic E-state index is 0.131. The summed E-state index contributed by atoms with van der Waals surface area (Å²) in [7, 11) is 0. The third kappa shape index (κ3) is 2.40. The molecule has 1 aromatic rings. The standard InChI is InChI=1S/C13H17FO2/c1-7(2)11(13(15)16)12-9(4)5-8(3)6-10(12)14/h5-7,11H,1-4H3,(H,15,16). The Kier molecular flexibility index (Phi) is 3.68. The molecule has 0 radical (unpaired) electrons. The van der Waals surface area contributed by atoms with Crippen LogP contribution < -0.4 is 0 Å². The molecular formula is C13H17FO2. The van der Waals surface area contributed by atoms with Crippen LogP contribution in [0.4, 0.5) is 4.39 Å². The lowest BCUT2D eigenvalue weighted by molar-refractivity contribution is -0.140. The SMILES string of the molecule is Cc1cc(C)c(C(C(=O)O)C(C)C)c(F)c1. The van der Waals surface area contributed by atoms with Crippen molar-refractivity contribution in [3.8, 4) is 0 Å². The third-order valence-electron chi connectivity index (χ3n) is 2.72. The van der Waals surface area contributed by atoms with Gasteiger partial charge in [0.2, 0.25) is 0 Å². The second kappa shape index (κ2) is 4.64. The van der Waals surface area contributed by atoms with Crippen LogP contribution in [0.15, 0.2) is 12.1 Å². The average Bonchev–Trinajstić information content (AvgIpc) is 2.09. The van der Waals surface area contributed by atoms with Gasteiger partial charge in [-0.1, -0.05) is 19.9 Å². The molecule has 1 aromatic carbocycles. The van der Waals surface area contributed by atoms with Gasteiger partial charge in [-0.25, -0.2) is 4.39 Å². The second-order valence-electron chi connectivity index (χ2n) is 4.54. The average molecular weight is 224 g/mol. The van der Waals surface area contributed by atoms with E-state index in [9.17, 15) is 9.18 Å². The molecule has 0 aliphatic carbocycles. The lowest BCUT2D eigenvalue weighted by Crippen LogP contribution is -2.20. The van der Waals surface area contributed by atoms with Gasteiger partial charge in [-0.2, -0.15) is 0 Å². The van der Waals surface area contributed by atoms with Crippen LogP contribution in [0, 0.1) is 25.6 Å². The summed E-state index contributed by atoms with van der Waals surface area (Å²) in [6.45, 7) is 7.13. The maximum atomic E-state index is 13.8. The van der Waals surface area contributed by atoms with E-state index in [-0.39, 0.29) is 5.92 Å². The van der Waals surface area contributed by atoms with Crippen molar-refractivity contribution in [3.63, 3.8) is 0 Å². The van der Waals surface area contributed by atoms with Crippen LogP contribution in [0.25, 0.3) is 0 Å². The van der Waals surface area contributed by atoms with Crippen LogP contribution in [-0.4, -0.2) is 11.1 Å². The molecule has 0 spiro atoms. The molecule has 0 fully saturated rings. The molecule has 0 aliphatic heterocycles. The maximum absolute atomic E-state index is 13.8. The molecule has 1 unspecified atom stereocenters. The topological polar surface area (TPSA) is 37.3 Å². The van der Waals surface area contributed by atoms with E-state index in [1.165, 1.54) is 6.07 Å². The predicted molar refractivity (Wildman–Crippen MR) is 61.1 cm³/mol. The molecule has 1 N–H and O–H groups in total. The van der Waals surface area contributed by atoms with Gasteiger partial charge in [0, 0.05) is 5.56 Å². The first-order valence-electron chi connectivity index (χ1n) is 5.34. The number of hydrogen-bond acceptors (Lipinski definition) is 1. The number of aryl methyl sites for hydroxylation is 2. The van der Waals surface area contributed by atoms with Gasteiger partial charge in [-0.05, 0) is 37.0 Å². The zero-order chi connectivity index (χ0) is 12.5. The van der Waals surface area contributed by atoms with E-state index in [4.69, 9.17) is 5.11 Å². The van der Waals surface area contributed by atoms with E-state index in [1.807, 2.05) is 6.07 Å². The Hall–Kier alpha value is -1.38. The fourth-order valence-corrected chi connectivity index (χ4v) is 2.06. The van der Waals surface area contributed by atoms with Crippen LogP contribution in [0.2, 0.25) is 0 Å². The number of benzene rings is 1.